The topological polar surface area (TPSA) is 68.0 Å². The maximum absolute atomic E-state index is 10.6. The molecule has 2 rings (SSSR count). The molecule has 0 aliphatic heterocycles. The second-order valence-electron chi connectivity index (χ2n) is 6.03. The molecule has 0 fully saturated rings. The molecule has 3 N–H and O–H groups in total. The second kappa shape index (κ2) is 7.90. The third kappa shape index (κ3) is 4.77. The van der Waals surface area contributed by atoms with E-state index in [4.69, 9.17) is 17.3 Å². The molecule has 124 valence electrons. The summed E-state index contributed by atoms with van der Waals surface area (Å²) in [7, 11) is 0. The molecule has 0 saturated carbocycles. The molecule has 0 spiro atoms. The fourth-order valence-corrected chi connectivity index (χ4v) is 3.54. The number of hydrogen-bond acceptors (Lipinski definition) is 5. The van der Waals surface area contributed by atoms with Gasteiger partial charge in [-0.15, -0.1) is 11.3 Å². The number of aldehydes is 1. The van der Waals surface area contributed by atoms with E-state index < -0.39 is 6.04 Å². The molecular formula is C17H22ClN3OS. The molecule has 1 unspecified atom stereocenters. The van der Waals surface area contributed by atoms with Crippen LogP contribution in [0.1, 0.15) is 24.3 Å². The molecule has 1 aromatic heterocycles. The van der Waals surface area contributed by atoms with Gasteiger partial charge in [0.15, 0.2) is 5.13 Å². The molecule has 1 atom stereocenters. The summed E-state index contributed by atoms with van der Waals surface area (Å²) in [6.07, 6.45) is 1.68. The Hall–Kier alpha value is -1.43. The van der Waals surface area contributed by atoms with Crippen LogP contribution in [0.15, 0.2) is 18.2 Å². The summed E-state index contributed by atoms with van der Waals surface area (Å²) in [6, 6.07) is 5.48. The first kappa shape index (κ1) is 17.9. The predicted octanol–water partition coefficient (Wildman–Crippen LogP) is 3.91. The van der Waals surface area contributed by atoms with Gasteiger partial charge in [-0.05, 0) is 30.9 Å². The first-order chi connectivity index (χ1) is 10.9. The van der Waals surface area contributed by atoms with Gasteiger partial charge in [0.25, 0.3) is 0 Å². The molecule has 0 radical (unpaired) electrons. The largest absolute Gasteiger partial charge is 0.359 e. The van der Waals surface area contributed by atoms with Gasteiger partial charge in [-0.2, -0.15) is 0 Å². The molecule has 0 aliphatic carbocycles. The molecular weight excluding hydrogens is 330 g/mol. The second-order valence-corrected chi connectivity index (χ2v) is 7.52. The van der Waals surface area contributed by atoms with E-state index in [9.17, 15) is 4.79 Å². The number of benzene rings is 1. The van der Waals surface area contributed by atoms with Gasteiger partial charge < -0.3 is 15.8 Å². The molecule has 0 amide bonds. The number of halogens is 1. The number of carbonyl (C=O) groups is 1. The number of thiazole rings is 1. The lowest BCUT2D eigenvalue weighted by molar-refractivity contribution is -0.108. The zero-order chi connectivity index (χ0) is 17.0. The standard InChI is InChI=1S/C17H22ClN3OS/c1-10(2)6-15-16(12-5-4-11(3)14(18)7-12)21-17(23-15)20-8-13(19)9-22/h4-5,7,9-10,13H,6,8,19H2,1-3H3,(H,20,21). The number of carbonyl (C=O) groups excluding carboxylic acids is 1. The lowest BCUT2D eigenvalue weighted by Crippen LogP contribution is -2.30. The summed E-state index contributed by atoms with van der Waals surface area (Å²) >= 11 is 7.86. The zero-order valence-electron chi connectivity index (χ0n) is 13.6. The Kier molecular flexibility index (Phi) is 6.16. The van der Waals surface area contributed by atoms with Crippen LogP contribution in [0, 0.1) is 12.8 Å². The highest BCUT2D eigenvalue weighted by atomic mass is 35.5. The number of aromatic nitrogens is 1. The maximum Gasteiger partial charge on any atom is 0.183 e. The first-order valence-electron chi connectivity index (χ1n) is 7.61. The van der Waals surface area contributed by atoms with Gasteiger partial charge in [0.1, 0.15) is 6.29 Å². The smallest absolute Gasteiger partial charge is 0.183 e. The van der Waals surface area contributed by atoms with Crippen LogP contribution in [-0.4, -0.2) is 23.9 Å². The van der Waals surface area contributed by atoms with E-state index in [1.807, 2.05) is 25.1 Å². The molecule has 0 bridgehead atoms. The van der Waals surface area contributed by atoms with Crippen molar-refractivity contribution >= 4 is 34.4 Å². The maximum atomic E-state index is 10.6. The van der Waals surface area contributed by atoms with E-state index in [1.54, 1.807) is 11.3 Å². The number of aryl methyl sites for hydroxylation is 1. The minimum Gasteiger partial charge on any atom is -0.359 e. The highest BCUT2D eigenvalue weighted by Crippen LogP contribution is 2.34. The van der Waals surface area contributed by atoms with Crippen molar-refractivity contribution in [3.8, 4) is 11.3 Å². The first-order valence-corrected chi connectivity index (χ1v) is 8.81. The van der Waals surface area contributed by atoms with Crippen LogP contribution >= 0.6 is 22.9 Å². The van der Waals surface area contributed by atoms with E-state index in [0.717, 1.165) is 39.7 Å². The van der Waals surface area contributed by atoms with Crippen LogP contribution in [0.5, 0.6) is 0 Å². The van der Waals surface area contributed by atoms with Crippen LogP contribution < -0.4 is 11.1 Å². The number of hydrogen-bond donors (Lipinski definition) is 2. The van der Waals surface area contributed by atoms with E-state index >= 15 is 0 Å². The zero-order valence-corrected chi connectivity index (χ0v) is 15.2. The molecule has 0 aliphatic rings. The number of rotatable bonds is 7. The van der Waals surface area contributed by atoms with Crippen molar-refractivity contribution in [2.45, 2.75) is 33.2 Å². The van der Waals surface area contributed by atoms with E-state index in [2.05, 4.69) is 24.1 Å². The number of nitrogens with two attached hydrogens (primary N) is 1. The minimum absolute atomic E-state index is 0.381. The molecule has 0 saturated heterocycles. The van der Waals surface area contributed by atoms with Gasteiger partial charge in [-0.25, -0.2) is 4.98 Å². The predicted molar refractivity (Wildman–Crippen MR) is 98.4 cm³/mol. The Labute approximate surface area is 146 Å². The van der Waals surface area contributed by atoms with Gasteiger partial charge in [0.2, 0.25) is 0 Å². The molecule has 4 nitrogen and oxygen atoms in total. The van der Waals surface area contributed by atoms with Crippen LogP contribution in [0.4, 0.5) is 5.13 Å². The summed E-state index contributed by atoms with van der Waals surface area (Å²) in [5.74, 6) is 0.528. The number of anilines is 1. The monoisotopic (exact) mass is 351 g/mol. The van der Waals surface area contributed by atoms with E-state index in [0.29, 0.717) is 12.5 Å². The van der Waals surface area contributed by atoms with Crippen LogP contribution in [0.25, 0.3) is 11.3 Å². The van der Waals surface area contributed by atoms with Crippen LogP contribution in [0.3, 0.4) is 0 Å². The van der Waals surface area contributed by atoms with Crippen molar-refractivity contribution in [3.63, 3.8) is 0 Å². The van der Waals surface area contributed by atoms with Gasteiger partial charge in [-0.1, -0.05) is 37.6 Å². The normalized spacial score (nSPS) is 12.4. The van der Waals surface area contributed by atoms with Crippen molar-refractivity contribution < 1.29 is 4.79 Å². The SMILES string of the molecule is Cc1ccc(-c2nc(NCC(N)C=O)sc2CC(C)C)cc1Cl. The highest BCUT2D eigenvalue weighted by Gasteiger charge is 2.15. The van der Waals surface area contributed by atoms with Crippen molar-refractivity contribution in [3.05, 3.63) is 33.7 Å². The average molecular weight is 352 g/mol. The molecule has 1 aromatic carbocycles. The fraction of sp³-hybridized carbons (Fsp3) is 0.412. The minimum atomic E-state index is -0.523. The lowest BCUT2D eigenvalue weighted by atomic mass is 10.0. The van der Waals surface area contributed by atoms with Crippen molar-refractivity contribution in [1.29, 1.82) is 0 Å². The molecule has 23 heavy (non-hydrogen) atoms. The van der Waals surface area contributed by atoms with Crippen molar-refractivity contribution in [2.24, 2.45) is 11.7 Å². The molecule has 6 heteroatoms. The van der Waals surface area contributed by atoms with Crippen molar-refractivity contribution in [1.82, 2.24) is 4.98 Å². The Bertz CT molecular complexity index is 684. The van der Waals surface area contributed by atoms with Crippen LogP contribution in [-0.2, 0) is 11.2 Å². The molecule has 1 heterocycles. The number of nitrogens with one attached hydrogen (secondary N) is 1. The fourth-order valence-electron chi connectivity index (χ4n) is 2.16. The van der Waals surface area contributed by atoms with E-state index in [-0.39, 0.29) is 0 Å². The number of nitrogens with zero attached hydrogens (tertiary/aromatic N) is 1. The Balaban J connectivity index is 2.33. The van der Waals surface area contributed by atoms with Gasteiger partial charge in [-0.3, -0.25) is 0 Å². The third-order valence-electron chi connectivity index (χ3n) is 3.40. The summed E-state index contributed by atoms with van der Waals surface area (Å²) in [5, 5.41) is 4.66. The van der Waals surface area contributed by atoms with Crippen molar-refractivity contribution in [2.75, 3.05) is 11.9 Å². The quantitative estimate of drug-likeness (QED) is 0.742. The highest BCUT2D eigenvalue weighted by molar-refractivity contribution is 7.16. The summed E-state index contributed by atoms with van der Waals surface area (Å²) < 4.78 is 0. The average Bonchev–Trinajstić information content (AvgIpc) is 2.89. The Morgan fingerprint density at radius 3 is 2.78 bits per heavy atom. The van der Waals surface area contributed by atoms with Gasteiger partial charge in [0.05, 0.1) is 11.7 Å². The third-order valence-corrected chi connectivity index (χ3v) is 4.84. The van der Waals surface area contributed by atoms with Crippen LogP contribution in [0.2, 0.25) is 5.02 Å². The summed E-state index contributed by atoms with van der Waals surface area (Å²) in [4.78, 5) is 16.5. The van der Waals surface area contributed by atoms with Gasteiger partial charge in [0, 0.05) is 22.0 Å². The Morgan fingerprint density at radius 2 is 2.17 bits per heavy atom. The van der Waals surface area contributed by atoms with E-state index in [1.165, 1.54) is 4.88 Å². The Morgan fingerprint density at radius 1 is 1.43 bits per heavy atom. The molecule has 2 aromatic rings. The summed E-state index contributed by atoms with van der Waals surface area (Å²) in [6.45, 7) is 6.73. The van der Waals surface area contributed by atoms with Gasteiger partial charge >= 0.3 is 0 Å². The lowest BCUT2D eigenvalue weighted by Gasteiger charge is -2.06. The summed E-state index contributed by atoms with van der Waals surface area (Å²) in [5.41, 5.74) is 8.64.